The fourth-order valence-electron chi connectivity index (χ4n) is 1.96. The summed E-state index contributed by atoms with van der Waals surface area (Å²) in [5, 5.41) is 7.03. The lowest BCUT2D eigenvalue weighted by molar-refractivity contribution is 0.358. The molecule has 2 heterocycles. The molecule has 0 saturated heterocycles. The predicted octanol–water partition coefficient (Wildman–Crippen LogP) is 3.27. The number of aromatic amines is 1. The van der Waals surface area contributed by atoms with Gasteiger partial charge in [0.1, 0.15) is 0 Å². The van der Waals surface area contributed by atoms with Gasteiger partial charge in [0.2, 0.25) is 0 Å². The molecule has 0 radical (unpaired) electrons. The molecule has 3 rings (SSSR count). The maximum atomic E-state index is 4.58. The lowest BCUT2D eigenvalue weighted by atomic mass is 10.1. The van der Waals surface area contributed by atoms with Gasteiger partial charge in [0.05, 0.1) is 5.54 Å². The Balaban J connectivity index is 2.35. The van der Waals surface area contributed by atoms with Crippen molar-refractivity contribution in [3.8, 4) is 0 Å². The third kappa shape index (κ3) is 1.24. The van der Waals surface area contributed by atoms with E-state index in [-0.39, 0.29) is 5.54 Å². The van der Waals surface area contributed by atoms with Crippen LogP contribution in [0.25, 0.3) is 21.9 Å². The van der Waals surface area contributed by atoms with E-state index in [9.17, 15) is 0 Å². The molecule has 0 amide bonds. The number of hydrogen-bond donors (Lipinski definition) is 1. The van der Waals surface area contributed by atoms with E-state index in [2.05, 4.69) is 55.2 Å². The standard InChI is InChI=1S/C13H15N3/c1-13(2,3)16-8-10-9-6-4-5-7-11(9)14-12(10)15-16/h4-8H,1-3H3,(H,14,15). The van der Waals surface area contributed by atoms with Gasteiger partial charge in [-0.15, -0.1) is 0 Å². The van der Waals surface area contributed by atoms with Gasteiger partial charge in [0.15, 0.2) is 5.65 Å². The first kappa shape index (κ1) is 9.46. The molecule has 3 heteroatoms. The van der Waals surface area contributed by atoms with Gasteiger partial charge in [-0.05, 0) is 26.8 Å². The minimum Gasteiger partial charge on any atom is -0.338 e. The number of nitrogens with zero attached hydrogens (tertiary/aromatic N) is 2. The van der Waals surface area contributed by atoms with Gasteiger partial charge in [-0.1, -0.05) is 18.2 Å². The Morgan fingerprint density at radius 3 is 2.62 bits per heavy atom. The number of rotatable bonds is 0. The number of H-pyrrole nitrogens is 1. The van der Waals surface area contributed by atoms with Gasteiger partial charge in [-0.2, -0.15) is 5.10 Å². The predicted molar refractivity (Wildman–Crippen MR) is 66.6 cm³/mol. The van der Waals surface area contributed by atoms with Crippen molar-refractivity contribution >= 4 is 21.9 Å². The summed E-state index contributed by atoms with van der Waals surface area (Å²) in [6.07, 6.45) is 2.12. The Morgan fingerprint density at radius 1 is 1.12 bits per heavy atom. The molecule has 3 aromatic rings. The number of benzene rings is 1. The van der Waals surface area contributed by atoms with Crippen LogP contribution in [0.5, 0.6) is 0 Å². The van der Waals surface area contributed by atoms with Gasteiger partial charge < -0.3 is 4.98 Å². The van der Waals surface area contributed by atoms with Gasteiger partial charge in [-0.3, -0.25) is 4.68 Å². The van der Waals surface area contributed by atoms with Crippen LogP contribution in [0.1, 0.15) is 20.8 Å². The van der Waals surface area contributed by atoms with Crippen LogP contribution in [0, 0.1) is 0 Å². The van der Waals surface area contributed by atoms with Crippen LogP contribution < -0.4 is 0 Å². The van der Waals surface area contributed by atoms with Crippen molar-refractivity contribution in [2.75, 3.05) is 0 Å². The average molecular weight is 213 g/mol. The zero-order valence-electron chi connectivity index (χ0n) is 9.78. The van der Waals surface area contributed by atoms with E-state index in [4.69, 9.17) is 0 Å². The molecular weight excluding hydrogens is 198 g/mol. The van der Waals surface area contributed by atoms with E-state index in [1.54, 1.807) is 0 Å². The van der Waals surface area contributed by atoms with Crippen molar-refractivity contribution in [3.63, 3.8) is 0 Å². The van der Waals surface area contributed by atoms with E-state index in [1.807, 2.05) is 10.7 Å². The summed E-state index contributed by atoms with van der Waals surface area (Å²) < 4.78 is 2.01. The van der Waals surface area contributed by atoms with Crippen LogP contribution in [0.4, 0.5) is 0 Å². The van der Waals surface area contributed by atoms with Crippen molar-refractivity contribution < 1.29 is 0 Å². The molecule has 0 atom stereocenters. The SMILES string of the molecule is CC(C)(C)n1cc2c(n1)[nH]c1ccccc12. The van der Waals surface area contributed by atoms with Gasteiger partial charge in [-0.25, -0.2) is 0 Å². The second-order valence-corrected chi connectivity index (χ2v) is 5.18. The summed E-state index contributed by atoms with van der Waals surface area (Å²) in [5.74, 6) is 0. The number of aromatic nitrogens is 3. The van der Waals surface area contributed by atoms with Crippen molar-refractivity contribution in [2.45, 2.75) is 26.3 Å². The summed E-state index contributed by atoms with van der Waals surface area (Å²) in [7, 11) is 0. The molecule has 0 aliphatic heterocycles. The molecule has 16 heavy (non-hydrogen) atoms. The van der Waals surface area contributed by atoms with Crippen molar-refractivity contribution in [2.24, 2.45) is 0 Å². The molecule has 2 aromatic heterocycles. The monoisotopic (exact) mass is 213 g/mol. The van der Waals surface area contributed by atoms with E-state index in [0.717, 1.165) is 11.2 Å². The third-order valence-corrected chi connectivity index (χ3v) is 2.87. The first-order valence-corrected chi connectivity index (χ1v) is 5.52. The van der Waals surface area contributed by atoms with Crippen LogP contribution in [0.2, 0.25) is 0 Å². The van der Waals surface area contributed by atoms with Gasteiger partial charge >= 0.3 is 0 Å². The lowest BCUT2D eigenvalue weighted by Crippen LogP contribution is -2.22. The Bertz CT molecular complexity index is 652. The molecule has 0 aliphatic carbocycles. The summed E-state index contributed by atoms with van der Waals surface area (Å²) in [4.78, 5) is 3.34. The van der Waals surface area contributed by atoms with E-state index >= 15 is 0 Å². The van der Waals surface area contributed by atoms with Gasteiger partial charge in [0, 0.05) is 22.5 Å². The highest BCUT2D eigenvalue weighted by Crippen LogP contribution is 2.26. The molecule has 0 unspecified atom stereocenters. The highest BCUT2D eigenvalue weighted by atomic mass is 15.3. The average Bonchev–Trinajstić information content (AvgIpc) is 2.72. The molecular formula is C13H15N3. The number of hydrogen-bond acceptors (Lipinski definition) is 1. The molecule has 82 valence electrons. The fraction of sp³-hybridized carbons (Fsp3) is 0.308. The Kier molecular flexibility index (Phi) is 1.70. The first-order chi connectivity index (χ1) is 7.55. The second kappa shape index (κ2) is 2.88. The van der Waals surface area contributed by atoms with Crippen LogP contribution in [0.15, 0.2) is 30.5 Å². The quantitative estimate of drug-likeness (QED) is 0.611. The molecule has 0 fully saturated rings. The minimum atomic E-state index is 0.0287. The number of nitrogens with one attached hydrogen (secondary N) is 1. The van der Waals surface area contributed by atoms with E-state index < -0.39 is 0 Å². The highest BCUT2D eigenvalue weighted by Gasteiger charge is 2.16. The van der Waals surface area contributed by atoms with Crippen molar-refractivity contribution in [1.82, 2.24) is 14.8 Å². The third-order valence-electron chi connectivity index (χ3n) is 2.87. The normalized spacial score (nSPS) is 12.7. The highest BCUT2D eigenvalue weighted by molar-refractivity contribution is 6.05. The summed E-state index contributed by atoms with van der Waals surface area (Å²) in [5.41, 5.74) is 2.15. The topological polar surface area (TPSA) is 33.6 Å². The van der Waals surface area contributed by atoms with Gasteiger partial charge in [0.25, 0.3) is 0 Å². The van der Waals surface area contributed by atoms with Crippen LogP contribution in [-0.2, 0) is 5.54 Å². The van der Waals surface area contributed by atoms with E-state index in [1.165, 1.54) is 10.8 Å². The van der Waals surface area contributed by atoms with Crippen molar-refractivity contribution in [3.05, 3.63) is 30.5 Å². The maximum Gasteiger partial charge on any atom is 0.160 e. The number of para-hydroxylation sites is 1. The summed E-state index contributed by atoms with van der Waals surface area (Å²) >= 11 is 0. The zero-order chi connectivity index (χ0) is 11.3. The Labute approximate surface area is 94.1 Å². The molecule has 0 spiro atoms. The first-order valence-electron chi connectivity index (χ1n) is 5.52. The van der Waals surface area contributed by atoms with Crippen molar-refractivity contribution in [1.29, 1.82) is 0 Å². The van der Waals surface area contributed by atoms with Crippen LogP contribution >= 0.6 is 0 Å². The minimum absolute atomic E-state index is 0.0287. The zero-order valence-corrected chi connectivity index (χ0v) is 9.78. The molecule has 0 saturated carbocycles. The summed E-state index contributed by atoms with van der Waals surface area (Å²) in [6, 6.07) is 8.31. The Morgan fingerprint density at radius 2 is 1.88 bits per heavy atom. The molecule has 1 aromatic carbocycles. The molecule has 1 N–H and O–H groups in total. The van der Waals surface area contributed by atoms with E-state index in [0.29, 0.717) is 0 Å². The largest absolute Gasteiger partial charge is 0.338 e. The number of fused-ring (bicyclic) bond motifs is 3. The maximum absolute atomic E-state index is 4.58. The molecule has 3 nitrogen and oxygen atoms in total. The molecule has 0 aliphatic rings. The smallest absolute Gasteiger partial charge is 0.160 e. The second-order valence-electron chi connectivity index (χ2n) is 5.18. The summed E-state index contributed by atoms with van der Waals surface area (Å²) in [6.45, 7) is 6.46. The van der Waals surface area contributed by atoms with Crippen LogP contribution in [-0.4, -0.2) is 14.8 Å². The lowest BCUT2D eigenvalue weighted by Gasteiger charge is -2.18. The van der Waals surface area contributed by atoms with Crippen LogP contribution in [0.3, 0.4) is 0 Å². The fourth-order valence-corrected chi connectivity index (χ4v) is 1.96. The Hall–Kier alpha value is -1.77. The molecule has 0 bridgehead atoms.